The zero-order valence-corrected chi connectivity index (χ0v) is 14.6. The summed E-state index contributed by atoms with van der Waals surface area (Å²) in [6, 6.07) is 7.19. The lowest BCUT2D eigenvalue weighted by atomic mass is 10.1. The van der Waals surface area contributed by atoms with Gasteiger partial charge in [-0.15, -0.1) is 0 Å². The average molecular weight is 344 g/mol. The van der Waals surface area contributed by atoms with Gasteiger partial charge in [-0.1, -0.05) is 52.0 Å². The van der Waals surface area contributed by atoms with E-state index in [4.69, 9.17) is 18.9 Å². The number of hydrogen-bond donors (Lipinski definition) is 0. The normalized spacial score (nSPS) is 12.7. The topological polar surface area (TPSA) is 71.1 Å². The van der Waals surface area contributed by atoms with E-state index in [0.717, 1.165) is 0 Å². The molecular formula is C19H20O6. The van der Waals surface area contributed by atoms with Gasteiger partial charge in [0, 0.05) is 10.8 Å². The minimum absolute atomic E-state index is 0.0376. The Morgan fingerprint density at radius 2 is 1.24 bits per heavy atom. The summed E-state index contributed by atoms with van der Waals surface area (Å²) in [4.78, 5) is 24.2. The highest BCUT2D eigenvalue weighted by Gasteiger charge is 2.31. The van der Waals surface area contributed by atoms with Crippen molar-refractivity contribution in [2.24, 2.45) is 11.8 Å². The zero-order chi connectivity index (χ0) is 18.1. The largest absolute Gasteiger partial charge is 0.449 e. The van der Waals surface area contributed by atoms with Gasteiger partial charge in [-0.25, -0.2) is 0 Å². The van der Waals surface area contributed by atoms with Crippen molar-refractivity contribution in [1.29, 1.82) is 0 Å². The second kappa shape index (κ2) is 6.63. The highest BCUT2D eigenvalue weighted by molar-refractivity contribution is 6.01. The third-order valence-electron chi connectivity index (χ3n) is 3.79. The Morgan fingerprint density at radius 3 is 1.60 bits per heavy atom. The molecule has 0 atom stereocenters. The summed E-state index contributed by atoms with van der Waals surface area (Å²) in [5.74, 6) is -0.231. The molecule has 6 nitrogen and oxygen atoms in total. The molecule has 0 spiro atoms. The van der Waals surface area contributed by atoms with E-state index >= 15 is 0 Å². The van der Waals surface area contributed by atoms with Crippen molar-refractivity contribution in [2.75, 3.05) is 6.79 Å². The summed E-state index contributed by atoms with van der Waals surface area (Å²) in [5, 5.41) is 1.24. The second-order valence-corrected chi connectivity index (χ2v) is 6.42. The molecule has 0 N–H and O–H groups in total. The summed E-state index contributed by atoms with van der Waals surface area (Å²) in [6.07, 6.45) is 0. The van der Waals surface area contributed by atoms with E-state index in [1.54, 1.807) is 39.8 Å². The Kier molecular flexibility index (Phi) is 4.53. The quantitative estimate of drug-likeness (QED) is 0.622. The van der Waals surface area contributed by atoms with Gasteiger partial charge in [-0.05, 0) is 0 Å². The summed E-state index contributed by atoms with van der Waals surface area (Å²) in [5.41, 5.74) is 0. The highest BCUT2D eigenvalue weighted by Crippen LogP contribution is 2.53. The third-order valence-corrected chi connectivity index (χ3v) is 3.79. The predicted octanol–water partition coefficient (Wildman–Crippen LogP) is 3.69. The molecule has 0 fully saturated rings. The lowest BCUT2D eigenvalue weighted by Gasteiger charge is -2.16. The molecule has 1 aliphatic rings. The van der Waals surface area contributed by atoms with Crippen molar-refractivity contribution in [3.8, 4) is 23.0 Å². The minimum atomic E-state index is -0.380. The van der Waals surface area contributed by atoms with Crippen LogP contribution in [0, 0.1) is 11.8 Å². The van der Waals surface area contributed by atoms with Crippen molar-refractivity contribution in [2.45, 2.75) is 27.7 Å². The van der Waals surface area contributed by atoms with Crippen molar-refractivity contribution < 1.29 is 28.5 Å². The van der Waals surface area contributed by atoms with E-state index in [9.17, 15) is 9.59 Å². The first-order valence-electron chi connectivity index (χ1n) is 8.17. The fourth-order valence-corrected chi connectivity index (χ4v) is 2.38. The van der Waals surface area contributed by atoms with Crippen LogP contribution in [0.3, 0.4) is 0 Å². The van der Waals surface area contributed by atoms with Crippen LogP contribution in [0.2, 0.25) is 0 Å². The summed E-state index contributed by atoms with van der Waals surface area (Å²) in [6.45, 7) is 6.97. The van der Waals surface area contributed by atoms with Gasteiger partial charge >= 0.3 is 11.9 Å². The molecule has 0 saturated carbocycles. The summed E-state index contributed by atoms with van der Waals surface area (Å²) in [7, 11) is 0. The van der Waals surface area contributed by atoms with Crippen LogP contribution in [0.5, 0.6) is 23.0 Å². The van der Waals surface area contributed by atoms with Gasteiger partial charge in [0.1, 0.15) is 0 Å². The van der Waals surface area contributed by atoms with Crippen molar-refractivity contribution in [3.05, 3.63) is 24.3 Å². The van der Waals surface area contributed by atoms with E-state index in [1.807, 2.05) is 12.1 Å². The van der Waals surface area contributed by atoms with E-state index in [0.29, 0.717) is 10.8 Å². The zero-order valence-electron chi connectivity index (χ0n) is 14.6. The molecule has 0 radical (unpaired) electrons. The van der Waals surface area contributed by atoms with Gasteiger partial charge in [0.25, 0.3) is 0 Å². The van der Waals surface area contributed by atoms with Gasteiger partial charge in [-0.3, -0.25) is 9.59 Å². The van der Waals surface area contributed by atoms with Crippen LogP contribution in [0.15, 0.2) is 24.3 Å². The molecule has 6 heteroatoms. The second-order valence-electron chi connectivity index (χ2n) is 6.42. The van der Waals surface area contributed by atoms with Gasteiger partial charge in [0.15, 0.2) is 11.5 Å². The van der Waals surface area contributed by atoms with E-state index in [2.05, 4.69) is 0 Å². The molecule has 1 heterocycles. The van der Waals surface area contributed by atoms with Crippen LogP contribution in [0.4, 0.5) is 0 Å². The minimum Gasteiger partial charge on any atom is -0.449 e. The molecule has 0 amide bonds. The number of rotatable bonds is 4. The van der Waals surface area contributed by atoms with Crippen LogP contribution in [0.1, 0.15) is 27.7 Å². The maximum Gasteiger partial charge on any atom is 0.313 e. The number of benzene rings is 2. The smallest absolute Gasteiger partial charge is 0.313 e. The van der Waals surface area contributed by atoms with Crippen LogP contribution >= 0.6 is 0 Å². The number of carbonyl (C=O) groups is 2. The molecular weight excluding hydrogens is 324 g/mol. The maximum atomic E-state index is 12.1. The van der Waals surface area contributed by atoms with Crippen LogP contribution in [0.25, 0.3) is 10.8 Å². The Hall–Kier alpha value is -2.76. The van der Waals surface area contributed by atoms with Crippen molar-refractivity contribution in [3.63, 3.8) is 0 Å². The molecule has 0 saturated heterocycles. The molecule has 2 aromatic rings. The number of hydrogen-bond acceptors (Lipinski definition) is 6. The molecule has 0 bridgehead atoms. The Morgan fingerprint density at radius 1 is 0.840 bits per heavy atom. The molecule has 132 valence electrons. The molecule has 25 heavy (non-hydrogen) atoms. The third kappa shape index (κ3) is 3.12. The van der Waals surface area contributed by atoms with Gasteiger partial charge in [0.2, 0.25) is 18.3 Å². The standard InChI is InChI=1S/C19H20O6/c1-10(2)18(20)24-14-12-7-5-6-8-13(12)15(25-19(21)11(3)4)17-16(14)22-9-23-17/h5-8,10-11H,9H2,1-4H3. The summed E-state index contributed by atoms with van der Waals surface area (Å²) >= 11 is 0. The number of carbonyl (C=O) groups excluding carboxylic acids is 2. The Labute approximate surface area is 145 Å². The Balaban J connectivity index is 2.20. The van der Waals surface area contributed by atoms with Gasteiger partial charge in [-0.2, -0.15) is 0 Å². The molecule has 0 unspecified atom stereocenters. The first-order valence-corrected chi connectivity index (χ1v) is 8.17. The van der Waals surface area contributed by atoms with Gasteiger partial charge in [0.05, 0.1) is 11.8 Å². The van der Waals surface area contributed by atoms with Crippen molar-refractivity contribution >= 4 is 22.7 Å². The lowest BCUT2D eigenvalue weighted by Crippen LogP contribution is -2.16. The fraction of sp³-hybridized carbons (Fsp3) is 0.368. The first-order chi connectivity index (χ1) is 11.9. The number of ether oxygens (including phenoxy) is 4. The fourth-order valence-electron chi connectivity index (χ4n) is 2.38. The Bertz CT molecular complexity index is 769. The van der Waals surface area contributed by atoms with E-state index < -0.39 is 0 Å². The predicted molar refractivity (Wildman–Crippen MR) is 91.0 cm³/mol. The van der Waals surface area contributed by atoms with Crippen molar-refractivity contribution in [1.82, 2.24) is 0 Å². The van der Waals surface area contributed by atoms with E-state index in [1.165, 1.54) is 0 Å². The molecule has 2 aromatic carbocycles. The summed E-state index contributed by atoms with van der Waals surface area (Å²) < 4.78 is 22.1. The van der Waals surface area contributed by atoms with Crippen LogP contribution < -0.4 is 18.9 Å². The average Bonchev–Trinajstić information content (AvgIpc) is 3.06. The monoisotopic (exact) mass is 344 g/mol. The molecule has 0 aliphatic carbocycles. The van der Waals surface area contributed by atoms with Gasteiger partial charge < -0.3 is 18.9 Å². The maximum absolute atomic E-state index is 12.1. The van der Waals surface area contributed by atoms with E-state index in [-0.39, 0.29) is 53.6 Å². The number of esters is 2. The molecule has 3 rings (SSSR count). The van der Waals surface area contributed by atoms with Crippen LogP contribution in [-0.2, 0) is 9.59 Å². The number of fused-ring (bicyclic) bond motifs is 2. The molecule has 0 aromatic heterocycles. The SMILES string of the molecule is CC(C)C(=O)Oc1c2c(c(OC(=O)C(C)C)c3ccccc13)OCO2. The highest BCUT2D eigenvalue weighted by atomic mass is 16.7. The molecule has 1 aliphatic heterocycles. The lowest BCUT2D eigenvalue weighted by molar-refractivity contribution is -0.138. The first kappa shape index (κ1) is 17.1. The van der Waals surface area contributed by atoms with Crippen LogP contribution in [-0.4, -0.2) is 18.7 Å².